The number of piperazine rings is 1. The summed E-state index contributed by atoms with van der Waals surface area (Å²) in [6.45, 7) is 4.37. The Morgan fingerprint density at radius 3 is 2.50 bits per heavy atom. The van der Waals surface area contributed by atoms with Gasteiger partial charge < -0.3 is 10.2 Å². The summed E-state index contributed by atoms with van der Waals surface area (Å²) in [6.07, 6.45) is 3.65. The van der Waals surface area contributed by atoms with E-state index in [-0.39, 0.29) is 11.8 Å². The van der Waals surface area contributed by atoms with E-state index in [9.17, 15) is 9.18 Å². The van der Waals surface area contributed by atoms with E-state index in [0.717, 1.165) is 25.2 Å². The molecule has 24 heavy (non-hydrogen) atoms. The van der Waals surface area contributed by atoms with Gasteiger partial charge in [-0.25, -0.2) is 9.18 Å². The summed E-state index contributed by atoms with van der Waals surface area (Å²) in [7, 11) is 0. The average molecular weight is 328 g/mol. The summed E-state index contributed by atoms with van der Waals surface area (Å²) < 4.78 is 12.9. The molecule has 1 aromatic heterocycles. The molecule has 0 bridgehead atoms. The highest BCUT2D eigenvalue weighted by Crippen LogP contribution is 2.08. The van der Waals surface area contributed by atoms with Crippen molar-refractivity contribution in [3.05, 3.63) is 65.7 Å². The first-order valence-corrected chi connectivity index (χ1v) is 8.09. The molecule has 6 heteroatoms. The molecule has 126 valence electrons. The van der Waals surface area contributed by atoms with Crippen LogP contribution in [0.5, 0.6) is 0 Å². The fraction of sp³-hybridized carbons (Fsp3) is 0.333. The van der Waals surface area contributed by atoms with Crippen LogP contribution in [0.4, 0.5) is 9.18 Å². The average Bonchev–Trinajstić information content (AvgIpc) is 2.62. The van der Waals surface area contributed by atoms with E-state index in [2.05, 4.69) is 21.3 Å². The summed E-state index contributed by atoms with van der Waals surface area (Å²) in [5.74, 6) is -0.269. The number of carbonyl (C=O) groups is 1. The standard InChI is InChI=1S/C18H21FN4O/c19-17-5-3-15(4-6-17)13-21-18(24)23-10-8-22(9-11-23)14-16-2-1-7-20-12-16/h1-7,12H,8-11,13-14H2,(H,21,24). The van der Waals surface area contributed by atoms with Crippen molar-refractivity contribution in [2.45, 2.75) is 13.1 Å². The maximum Gasteiger partial charge on any atom is 0.317 e. The maximum absolute atomic E-state index is 12.9. The van der Waals surface area contributed by atoms with Gasteiger partial charge in [0, 0.05) is 51.7 Å². The lowest BCUT2D eigenvalue weighted by atomic mass is 10.2. The molecule has 0 radical (unpaired) electrons. The summed E-state index contributed by atoms with van der Waals surface area (Å²) in [6, 6.07) is 10.1. The highest BCUT2D eigenvalue weighted by molar-refractivity contribution is 5.74. The van der Waals surface area contributed by atoms with E-state index in [4.69, 9.17) is 0 Å². The van der Waals surface area contributed by atoms with Crippen LogP contribution in [0.1, 0.15) is 11.1 Å². The van der Waals surface area contributed by atoms with E-state index in [1.807, 2.05) is 17.2 Å². The van der Waals surface area contributed by atoms with Crippen LogP contribution < -0.4 is 5.32 Å². The zero-order valence-corrected chi connectivity index (χ0v) is 13.5. The number of nitrogens with one attached hydrogen (secondary N) is 1. The second-order valence-electron chi connectivity index (χ2n) is 5.91. The molecule has 1 fully saturated rings. The number of benzene rings is 1. The zero-order chi connectivity index (χ0) is 16.8. The predicted molar refractivity (Wildman–Crippen MR) is 89.7 cm³/mol. The molecule has 1 saturated heterocycles. The second kappa shape index (κ2) is 7.88. The van der Waals surface area contributed by atoms with Crippen molar-refractivity contribution in [1.82, 2.24) is 20.1 Å². The summed E-state index contributed by atoms with van der Waals surface area (Å²) in [5.41, 5.74) is 2.08. The molecule has 0 unspecified atom stereocenters. The number of aromatic nitrogens is 1. The number of hydrogen-bond donors (Lipinski definition) is 1. The lowest BCUT2D eigenvalue weighted by Gasteiger charge is -2.34. The minimum Gasteiger partial charge on any atom is -0.334 e. The molecule has 0 saturated carbocycles. The molecule has 0 aliphatic carbocycles. The van der Waals surface area contributed by atoms with Crippen molar-refractivity contribution >= 4 is 6.03 Å². The summed E-state index contributed by atoms with van der Waals surface area (Å²) >= 11 is 0. The van der Waals surface area contributed by atoms with E-state index in [0.29, 0.717) is 19.6 Å². The third-order valence-electron chi connectivity index (χ3n) is 4.15. The minimum absolute atomic E-state index is 0.0691. The Morgan fingerprint density at radius 2 is 1.83 bits per heavy atom. The molecular formula is C18H21FN4O. The van der Waals surface area contributed by atoms with Gasteiger partial charge in [-0.1, -0.05) is 18.2 Å². The van der Waals surface area contributed by atoms with Crippen molar-refractivity contribution < 1.29 is 9.18 Å². The van der Waals surface area contributed by atoms with Gasteiger partial charge >= 0.3 is 6.03 Å². The molecule has 5 nitrogen and oxygen atoms in total. The van der Waals surface area contributed by atoms with Crippen LogP contribution in [-0.2, 0) is 13.1 Å². The largest absolute Gasteiger partial charge is 0.334 e. The number of pyridine rings is 1. The molecule has 3 rings (SSSR count). The van der Waals surface area contributed by atoms with E-state index in [1.165, 1.54) is 17.7 Å². The lowest BCUT2D eigenvalue weighted by molar-refractivity contribution is 0.135. The predicted octanol–water partition coefficient (Wildman–Crippen LogP) is 2.25. The van der Waals surface area contributed by atoms with Gasteiger partial charge in [0.2, 0.25) is 0 Å². The van der Waals surface area contributed by atoms with Crippen LogP contribution in [0.2, 0.25) is 0 Å². The maximum atomic E-state index is 12.9. The van der Waals surface area contributed by atoms with Crippen LogP contribution >= 0.6 is 0 Å². The molecule has 1 aromatic carbocycles. The van der Waals surface area contributed by atoms with E-state index < -0.39 is 0 Å². The minimum atomic E-state index is -0.269. The normalized spacial score (nSPS) is 15.3. The molecule has 2 heterocycles. The SMILES string of the molecule is O=C(NCc1ccc(F)cc1)N1CCN(Cc2cccnc2)CC1. The number of amides is 2. The number of hydrogen-bond acceptors (Lipinski definition) is 3. The van der Waals surface area contributed by atoms with Crippen LogP contribution in [0.25, 0.3) is 0 Å². The Labute approximate surface area is 141 Å². The first kappa shape index (κ1) is 16.4. The van der Waals surface area contributed by atoms with Crippen LogP contribution in [-0.4, -0.2) is 47.0 Å². The Balaban J connectivity index is 1.42. The van der Waals surface area contributed by atoms with Gasteiger partial charge in [-0.3, -0.25) is 9.88 Å². The monoisotopic (exact) mass is 328 g/mol. The number of halogens is 1. The Morgan fingerprint density at radius 1 is 1.08 bits per heavy atom. The molecule has 0 spiro atoms. The second-order valence-corrected chi connectivity index (χ2v) is 5.91. The lowest BCUT2D eigenvalue weighted by Crippen LogP contribution is -2.51. The van der Waals surface area contributed by atoms with Gasteiger partial charge in [0.05, 0.1) is 0 Å². The summed E-state index contributed by atoms with van der Waals surface area (Å²) in [5, 5.41) is 2.89. The van der Waals surface area contributed by atoms with E-state index >= 15 is 0 Å². The first-order valence-electron chi connectivity index (χ1n) is 8.09. The van der Waals surface area contributed by atoms with Gasteiger partial charge in [-0.05, 0) is 29.3 Å². The van der Waals surface area contributed by atoms with Crippen molar-refractivity contribution in [3.8, 4) is 0 Å². The van der Waals surface area contributed by atoms with Crippen LogP contribution in [0, 0.1) is 5.82 Å². The third-order valence-corrected chi connectivity index (χ3v) is 4.15. The molecule has 1 N–H and O–H groups in total. The van der Waals surface area contributed by atoms with E-state index in [1.54, 1.807) is 18.3 Å². The molecule has 0 atom stereocenters. The van der Waals surface area contributed by atoms with Gasteiger partial charge in [0.25, 0.3) is 0 Å². The Hall–Kier alpha value is -2.47. The smallest absolute Gasteiger partial charge is 0.317 e. The fourth-order valence-corrected chi connectivity index (χ4v) is 2.75. The molecular weight excluding hydrogens is 307 g/mol. The van der Waals surface area contributed by atoms with Crippen LogP contribution in [0.15, 0.2) is 48.8 Å². The fourth-order valence-electron chi connectivity index (χ4n) is 2.75. The number of carbonyl (C=O) groups excluding carboxylic acids is 1. The van der Waals surface area contributed by atoms with Crippen molar-refractivity contribution in [1.29, 1.82) is 0 Å². The highest BCUT2D eigenvalue weighted by Gasteiger charge is 2.20. The quantitative estimate of drug-likeness (QED) is 0.936. The highest BCUT2D eigenvalue weighted by atomic mass is 19.1. The Kier molecular flexibility index (Phi) is 5.38. The molecule has 2 amide bonds. The van der Waals surface area contributed by atoms with Gasteiger partial charge in [0.1, 0.15) is 5.82 Å². The molecule has 1 aliphatic heterocycles. The molecule has 2 aromatic rings. The van der Waals surface area contributed by atoms with Crippen molar-refractivity contribution in [3.63, 3.8) is 0 Å². The van der Waals surface area contributed by atoms with Gasteiger partial charge in [0.15, 0.2) is 0 Å². The molecule has 1 aliphatic rings. The van der Waals surface area contributed by atoms with Gasteiger partial charge in [-0.2, -0.15) is 0 Å². The Bertz CT molecular complexity index is 654. The summed E-state index contributed by atoms with van der Waals surface area (Å²) in [4.78, 5) is 20.5. The van der Waals surface area contributed by atoms with Crippen molar-refractivity contribution in [2.75, 3.05) is 26.2 Å². The van der Waals surface area contributed by atoms with Crippen molar-refractivity contribution in [2.24, 2.45) is 0 Å². The third kappa shape index (κ3) is 4.52. The number of rotatable bonds is 4. The zero-order valence-electron chi connectivity index (χ0n) is 13.5. The van der Waals surface area contributed by atoms with Crippen LogP contribution in [0.3, 0.4) is 0 Å². The van der Waals surface area contributed by atoms with Gasteiger partial charge in [-0.15, -0.1) is 0 Å². The first-order chi connectivity index (χ1) is 11.7. The number of urea groups is 1. The topological polar surface area (TPSA) is 48.5 Å². The number of nitrogens with zero attached hydrogens (tertiary/aromatic N) is 3.